The summed E-state index contributed by atoms with van der Waals surface area (Å²) in [7, 11) is 0. The first-order valence-electron chi connectivity index (χ1n) is 24.9. The Morgan fingerprint density at radius 3 is 1.09 bits per heavy atom. The Hall–Kier alpha value is -9.34. The highest BCUT2D eigenvalue weighted by atomic mass is 32.1. The van der Waals surface area contributed by atoms with Gasteiger partial charge in [0.25, 0.3) is 0 Å². The van der Waals surface area contributed by atoms with Crippen molar-refractivity contribution < 1.29 is 0 Å². The van der Waals surface area contributed by atoms with Crippen LogP contribution in [-0.4, -0.2) is 9.13 Å². The van der Waals surface area contributed by atoms with Crippen molar-refractivity contribution in [2.45, 2.75) is 0 Å². The van der Waals surface area contributed by atoms with Crippen molar-refractivity contribution in [3.05, 3.63) is 230 Å². The molecule has 0 aliphatic heterocycles. The Morgan fingerprint density at radius 2 is 0.653 bits per heavy atom. The molecule has 0 saturated heterocycles. The lowest BCUT2D eigenvalue weighted by Crippen LogP contribution is -2.11. The fourth-order valence-electron chi connectivity index (χ4n) is 12.2. The van der Waals surface area contributed by atoms with Crippen LogP contribution in [-0.2, 0) is 0 Å². The molecule has 5 heterocycles. The van der Waals surface area contributed by atoms with Gasteiger partial charge in [0.2, 0.25) is 0 Å². The highest BCUT2D eigenvalue weighted by Gasteiger charge is 2.33. The monoisotopic (exact) mass is 1000 g/mol. The van der Waals surface area contributed by atoms with Crippen LogP contribution in [0.3, 0.4) is 0 Å². The van der Waals surface area contributed by atoms with Gasteiger partial charge in [-0.25, -0.2) is 0 Å². The van der Waals surface area contributed by atoms with E-state index < -0.39 is 0 Å². The van der Waals surface area contributed by atoms with E-state index in [-0.39, 0.29) is 0 Å². The number of hydrogen-bond donors (Lipinski definition) is 0. The average molecular weight is 1010 g/mol. The van der Waals surface area contributed by atoms with Gasteiger partial charge in [0.15, 0.2) is 0 Å². The van der Waals surface area contributed by atoms with Crippen molar-refractivity contribution in [1.82, 2.24) is 9.13 Å². The lowest BCUT2D eigenvalue weighted by molar-refractivity contribution is 1.14. The van der Waals surface area contributed by atoms with Crippen molar-refractivity contribution in [2.24, 2.45) is 0 Å². The van der Waals surface area contributed by atoms with Gasteiger partial charge in [0.1, 0.15) is 12.1 Å². The molecule has 5 aromatic heterocycles. The minimum Gasteiger partial charge on any atom is -0.306 e. The molecule has 0 radical (unpaired) electrons. The number of hydrogen-bond acceptors (Lipinski definition) is 5. The topological polar surface area (TPSA) is 57.4 Å². The summed E-state index contributed by atoms with van der Waals surface area (Å²) < 4.78 is 11.7. The SMILES string of the molecule is N#Cc1c(-c2ccccc2)c(-n2c3c(ccc4c5ccccc5sc43)c3ccc4c5ccccc5sc4c32)c(C#N)c(-c2ccccc2)c1-n1c2ccc(-c3ccccc3)cc2c2ccc3c4ccccc4sc3c21. The highest BCUT2D eigenvalue weighted by Crippen LogP contribution is 2.53. The normalized spacial score (nSPS) is 12.0. The molecule has 16 rings (SSSR count). The zero-order valence-corrected chi connectivity index (χ0v) is 42.2. The Balaban J connectivity index is 1.17. The molecule has 0 fully saturated rings. The van der Waals surface area contributed by atoms with Gasteiger partial charge in [0, 0.05) is 79.1 Å². The van der Waals surface area contributed by atoms with Crippen LogP contribution in [0.25, 0.3) is 149 Å². The van der Waals surface area contributed by atoms with Gasteiger partial charge >= 0.3 is 0 Å². The largest absolute Gasteiger partial charge is 0.306 e. The van der Waals surface area contributed by atoms with Gasteiger partial charge in [-0.1, -0.05) is 188 Å². The first-order valence-corrected chi connectivity index (χ1v) is 27.4. The molecule has 4 nitrogen and oxygen atoms in total. The smallest absolute Gasteiger partial charge is 0.102 e. The Bertz CT molecular complexity index is 5070. The number of aromatic nitrogens is 2. The number of nitriles is 2. The van der Waals surface area contributed by atoms with Gasteiger partial charge in [-0.3, -0.25) is 0 Å². The van der Waals surface area contributed by atoms with E-state index in [9.17, 15) is 10.5 Å². The Labute approximate surface area is 441 Å². The van der Waals surface area contributed by atoms with E-state index in [1.165, 1.54) is 30.3 Å². The van der Waals surface area contributed by atoms with E-state index in [2.05, 4.69) is 203 Å². The van der Waals surface area contributed by atoms with E-state index in [4.69, 9.17) is 0 Å². The third kappa shape index (κ3) is 5.89. The van der Waals surface area contributed by atoms with Crippen LogP contribution in [0, 0.1) is 22.7 Å². The van der Waals surface area contributed by atoms with Crippen LogP contribution in [0.2, 0.25) is 0 Å². The minimum atomic E-state index is 0.486. The van der Waals surface area contributed by atoms with Crippen LogP contribution in [0.1, 0.15) is 11.1 Å². The molecule has 346 valence electrons. The van der Waals surface area contributed by atoms with Crippen LogP contribution in [0.4, 0.5) is 0 Å². The maximum atomic E-state index is 12.5. The maximum absolute atomic E-state index is 12.5. The molecule has 0 aliphatic carbocycles. The fraction of sp³-hybridized carbons (Fsp3) is 0. The second-order valence-electron chi connectivity index (χ2n) is 19.2. The first-order chi connectivity index (χ1) is 37.2. The molecule has 75 heavy (non-hydrogen) atoms. The van der Waals surface area contributed by atoms with Crippen molar-refractivity contribution >= 4 is 138 Å². The third-order valence-corrected chi connectivity index (χ3v) is 19.0. The van der Waals surface area contributed by atoms with Crippen molar-refractivity contribution in [2.75, 3.05) is 0 Å². The molecule has 0 atom stereocenters. The number of fused-ring (bicyclic) bond motifs is 18. The second-order valence-corrected chi connectivity index (χ2v) is 22.4. The summed E-state index contributed by atoms with van der Waals surface area (Å²) in [5.41, 5.74) is 11.7. The molecule has 11 aromatic carbocycles. The van der Waals surface area contributed by atoms with E-state index in [1.54, 1.807) is 34.0 Å². The van der Waals surface area contributed by atoms with Crippen LogP contribution in [0.5, 0.6) is 0 Å². The van der Waals surface area contributed by atoms with Gasteiger partial charge in [0.05, 0.1) is 58.7 Å². The van der Waals surface area contributed by atoms with Crippen molar-refractivity contribution in [3.8, 4) is 56.9 Å². The summed E-state index contributed by atoms with van der Waals surface area (Å²) in [5, 5.41) is 36.4. The van der Waals surface area contributed by atoms with E-state index in [0.717, 1.165) is 96.1 Å². The standard InChI is InChI=1S/C68H36N4S3/c69-37-53-60(41-20-8-3-9-21-41)62(72-64-46(29-32-50-44-23-11-14-26-57(44)74-67(50)64)47-30-33-51-45-24-12-15-27-58(45)75-68(51)65(47)72)54(38-70)59(40-18-6-2-7-19-40)61(53)71-55-35-28-42(39-16-4-1-5-17-39)36-52(55)48-31-34-49-43-22-10-13-25-56(43)73-66(49)63(48)71/h1-36H. The van der Waals surface area contributed by atoms with Crippen molar-refractivity contribution in [1.29, 1.82) is 10.5 Å². The summed E-state index contributed by atoms with van der Waals surface area (Å²) in [6, 6.07) is 83.3. The first kappa shape index (κ1) is 42.2. The maximum Gasteiger partial charge on any atom is 0.102 e. The molecule has 0 spiro atoms. The molecule has 0 aliphatic rings. The molecular weight excluding hydrogens is 969 g/mol. The highest BCUT2D eigenvalue weighted by molar-refractivity contribution is 7.27. The summed E-state index contributed by atoms with van der Waals surface area (Å²) in [4.78, 5) is 0. The molecule has 16 aromatic rings. The fourth-order valence-corrected chi connectivity index (χ4v) is 16.0. The Kier molecular flexibility index (Phi) is 9.05. The quantitative estimate of drug-likeness (QED) is 0.172. The van der Waals surface area contributed by atoms with Crippen LogP contribution >= 0.6 is 34.0 Å². The summed E-state index contributed by atoms with van der Waals surface area (Å²) in [5.74, 6) is 0. The predicted molar refractivity (Wildman–Crippen MR) is 320 cm³/mol. The van der Waals surface area contributed by atoms with Gasteiger partial charge in [-0.15, -0.1) is 34.0 Å². The average Bonchev–Trinajstić information content (AvgIpc) is 4.44. The van der Waals surface area contributed by atoms with Gasteiger partial charge in [-0.2, -0.15) is 10.5 Å². The van der Waals surface area contributed by atoms with Gasteiger partial charge < -0.3 is 9.13 Å². The molecule has 0 N–H and O–H groups in total. The summed E-state index contributed by atoms with van der Waals surface area (Å²) >= 11 is 5.36. The zero-order chi connectivity index (χ0) is 49.5. The molecule has 0 amide bonds. The second kappa shape index (κ2) is 16.1. The summed E-state index contributed by atoms with van der Waals surface area (Å²) in [6.07, 6.45) is 0. The molecule has 7 heteroatoms. The van der Waals surface area contributed by atoms with Gasteiger partial charge in [-0.05, 0) is 52.6 Å². The van der Waals surface area contributed by atoms with E-state index in [1.807, 2.05) is 36.4 Å². The number of rotatable bonds is 5. The van der Waals surface area contributed by atoms with E-state index >= 15 is 0 Å². The third-order valence-electron chi connectivity index (χ3n) is 15.4. The number of nitrogens with zero attached hydrogens (tertiary/aromatic N) is 4. The van der Waals surface area contributed by atoms with E-state index in [0.29, 0.717) is 33.6 Å². The van der Waals surface area contributed by atoms with Crippen LogP contribution in [0.15, 0.2) is 218 Å². The molecule has 0 saturated carbocycles. The lowest BCUT2D eigenvalue weighted by Gasteiger charge is -2.25. The van der Waals surface area contributed by atoms with Crippen molar-refractivity contribution in [3.63, 3.8) is 0 Å². The van der Waals surface area contributed by atoms with Crippen LogP contribution < -0.4 is 0 Å². The Morgan fingerprint density at radius 1 is 0.293 bits per heavy atom. The number of benzene rings is 11. The lowest BCUT2D eigenvalue weighted by atomic mass is 9.86. The molecule has 0 unspecified atom stereocenters. The molecule has 0 bridgehead atoms. The zero-order valence-electron chi connectivity index (χ0n) is 39.8. The summed E-state index contributed by atoms with van der Waals surface area (Å²) in [6.45, 7) is 0. The molecular formula is C68H36N4S3. The predicted octanol–water partition coefficient (Wildman–Crippen LogP) is 19.7. The minimum absolute atomic E-state index is 0.486. The number of thiophene rings is 3.